The lowest BCUT2D eigenvalue weighted by Gasteiger charge is -2.22. The van der Waals surface area contributed by atoms with Crippen molar-refractivity contribution < 1.29 is 9.18 Å². The lowest BCUT2D eigenvalue weighted by atomic mass is 10.0. The molecule has 1 heterocycles. The third-order valence-electron chi connectivity index (χ3n) is 3.25. The highest BCUT2D eigenvalue weighted by Gasteiger charge is 2.28. The number of amides is 1. The van der Waals surface area contributed by atoms with Crippen LogP contribution in [0.2, 0.25) is 0 Å². The first-order valence-corrected chi connectivity index (χ1v) is 6.34. The van der Waals surface area contributed by atoms with Crippen LogP contribution in [0.25, 0.3) is 0 Å². The molecule has 1 amide bonds. The molecule has 0 saturated carbocycles. The molecule has 0 fully saturated rings. The van der Waals surface area contributed by atoms with E-state index in [0.717, 1.165) is 12.0 Å². The highest BCUT2D eigenvalue weighted by Crippen LogP contribution is 2.29. The van der Waals surface area contributed by atoms with E-state index in [-0.39, 0.29) is 11.7 Å². The summed E-state index contributed by atoms with van der Waals surface area (Å²) in [5.41, 5.74) is 7.60. The highest BCUT2D eigenvalue weighted by molar-refractivity contribution is 5.98. The summed E-state index contributed by atoms with van der Waals surface area (Å²) in [4.78, 5) is 13.8. The molecule has 1 aliphatic heterocycles. The largest absolute Gasteiger partial charge is 0.320 e. The summed E-state index contributed by atoms with van der Waals surface area (Å²) in [6.45, 7) is 4.67. The fourth-order valence-electron chi connectivity index (χ4n) is 2.39. The van der Waals surface area contributed by atoms with Gasteiger partial charge in [-0.25, -0.2) is 4.39 Å². The van der Waals surface area contributed by atoms with Crippen LogP contribution in [0, 0.1) is 11.7 Å². The summed E-state index contributed by atoms with van der Waals surface area (Å²) >= 11 is 0. The zero-order valence-corrected chi connectivity index (χ0v) is 10.8. The second kappa shape index (κ2) is 5.06. The topological polar surface area (TPSA) is 46.3 Å². The summed E-state index contributed by atoms with van der Waals surface area (Å²) in [7, 11) is 0. The third kappa shape index (κ3) is 2.53. The van der Waals surface area contributed by atoms with Crippen LogP contribution in [0.5, 0.6) is 0 Å². The highest BCUT2D eigenvalue weighted by atomic mass is 19.1. The Labute approximate surface area is 107 Å². The standard InChI is InChI=1S/C14H19FN2O/c1-9(2)7-12(16)14(18)17-6-5-10-3-4-11(15)8-13(10)17/h3-4,8-9,12H,5-7,16H2,1-2H3. The molecule has 0 aromatic heterocycles. The minimum atomic E-state index is -0.501. The molecule has 0 radical (unpaired) electrons. The molecule has 1 aromatic rings. The van der Waals surface area contributed by atoms with Crippen LogP contribution in [0.4, 0.5) is 10.1 Å². The fourth-order valence-corrected chi connectivity index (χ4v) is 2.39. The number of carbonyl (C=O) groups is 1. The van der Waals surface area contributed by atoms with Gasteiger partial charge >= 0.3 is 0 Å². The average molecular weight is 250 g/mol. The fraction of sp³-hybridized carbons (Fsp3) is 0.500. The van der Waals surface area contributed by atoms with Gasteiger partial charge in [-0.15, -0.1) is 0 Å². The Kier molecular flexibility index (Phi) is 3.66. The van der Waals surface area contributed by atoms with Crippen molar-refractivity contribution in [3.05, 3.63) is 29.6 Å². The summed E-state index contributed by atoms with van der Waals surface area (Å²) in [5.74, 6) is -0.0440. The van der Waals surface area contributed by atoms with Crippen molar-refractivity contribution in [3.63, 3.8) is 0 Å². The van der Waals surface area contributed by atoms with Crippen molar-refractivity contribution in [1.82, 2.24) is 0 Å². The molecule has 98 valence electrons. The predicted octanol–water partition coefficient (Wildman–Crippen LogP) is 2.09. The molecule has 1 aromatic carbocycles. The number of benzene rings is 1. The zero-order chi connectivity index (χ0) is 13.3. The van der Waals surface area contributed by atoms with Gasteiger partial charge in [0.15, 0.2) is 0 Å². The quantitative estimate of drug-likeness (QED) is 0.892. The summed E-state index contributed by atoms with van der Waals surface area (Å²) in [6.07, 6.45) is 1.43. The van der Waals surface area contributed by atoms with E-state index < -0.39 is 6.04 Å². The van der Waals surface area contributed by atoms with E-state index in [1.54, 1.807) is 11.0 Å². The lowest BCUT2D eigenvalue weighted by Crippen LogP contribution is -2.43. The molecular formula is C14H19FN2O. The van der Waals surface area contributed by atoms with Crippen molar-refractivity contribution in [2.45, 2.75) is 32.7 Å². The van der Waals surface area contributed by atoms with E-state index in [9.17, 15) is 9.18 Å². The molecule has 3 nitrogen and oxygen atoms in total. The number of anilines is 1. The van der Waals surface area contributed by atoms with Gasteiger partial charge in [0.2, 0.25) is 5.91 Å². The average Bonchev–Trinajstić information content (AvgIpc) is 2.69. The van der Waals surface area contributed by atoms with Gasteiger partial charge in [-0.1, -0.05) is 19.9 Å². The van der Waals surface area contributed by atoms with Crippen molar-refractivity contribution in [2.75, 3.05) is 11.4 Å². The monoisotopic (exact) mass is 250 g/mol. The number of hydrogen-bond donors (Lipinski definition) is 1. The van der Waals surface area contributed by atoms with E-state index in [0.29, 0.717) is 24.6 Å². The van der Waals surface area contributed by atoms with Crippen LogP contribution >= 0.6 is 0 Å². The van der Waals surface area contributed by atoms with Crippen LogP contribution in [0.3, 0.4) is 0 Å². The van der Waals surface area contributed by atoms with Gasteiger partial charge in [0.05, 0.1) is 6.04 Å². The molecule has 2 N–H and O–H groups in total. The van der Waals surface area contributed by atoms with Gasteiger partial charge in [-0.05, 0) is 36.5 Å². The number of halogens is 1. The van der Waals surface area contributed by atoms with E-state index in [1.165, 1.54) is 12.1 Å². The Bertz CT molecular complexity index is 459. The number of fused-ring (bicyclic) bond motifs is 1. The smallest absolute Gasteiger partial charge is 0.243 e. The molecule has 0 saturated heterocycles. The molecule has 1 atom stereocenters. The van der Waals surface area contributed by atoms with Crippen molar-refractivity contribution in [3.8, 4) is 0 Å². The van der Waals surface area contributed by atoms with Crippen molar-refractivity contribution in [2.24, 2.45) is 11.7 Å². The number of hydrogen-bond acceptors (Lipinski definition) is 2. The van der Waals surface area contributed by atoms with Crippen LogP contribution < -0.4 is 10.6 Å². The maximum absolute atomic E-state index is 13.2. The molecule has 0 bridgehead atoms. The lowest BCUT2D eigenvalue weighted by molar-refractivity contribution is -0.120. The first kappa shape index (κ1) is 13.0. The second-order valence-electron chi connectivity index (χ2n) is 5.25. The maximum atomic E-state index is 13.2. The third-order valence-corrected chi connectivity index (χ3v) is 3.25. The normalized spacial score (nSPS) is 15.9. The Morgan fingerprint density at radius 2 is 2.22 bits per heavy atom. The molecule has 18 heavy (non-hydrogen) atoms. The molecule has 2 rings (SSSR count). The summed E-state index contributed by atoms with van der Waals surface area (Å²) < 4.78 is 13.2. The molecule has 4 heteroatoms. The Balaban J connectivity index is 2.17. The van der Waals surface area contributed by atoms with Crippen molar-refractivity contribution in [1.29, 1.82) is 0 Å². The van der Waals surface area contributed by atoms with Gasteiger partial charge in [0.1, 0.15) is 5.82 Å². The second-order valence-corrected chi connectivity index (χ2v) is 5.25. The maximum Gasteiger partial charge on any atom is 0.243 e. The SMILES string of the molecule is CC(C)CC(N)C(=O)N1CCc2ccc(F)cc21. The molecule has 0 aliphatic carbocycles. The van der Waals surface area contributed by atoms with Crippen LogP contribution in [-0.2, 0) is 11.2 Å². The van der Waals surface area contributed by atoms with Crippen LogP contribution in [-0.4, -0.2) is 18.5 Å². The molecule has 1 unspecified atom stereocenters. The number of nitrogens with zero attached hydrogens (tertiary/aromatic N) is 1. The minimum Gasteiger partial charge on any atom is -0.320 e. The number of nitrogens with two attached hydrogens (primary N) is 1. The first-order valence-electron chi connectivity index (χ1n) is 6.34. The zero-order valence-electron chi connectivity index (χ0n) is 10.8. The summed E-state index contributed by atoms with van der Waals surface area (Å²) in [5, 5.41) is 0. The van der Waals surface area contributed by atoms with Gasteiger partial charge in [0.25, 0.3) is 0 Å². The molecule has 1 aliphatic rings. The van der Waals surface area contributed by atoms with E-state index >= 15 is 0 Å². The van der Waals surface area contributed by atoms with Gasteiger partial charge < -0.3 is 10.6 Å². The van der Waals surface area contributed by atoms with E-state index in [2.05, 4.69) is 0 Å². The Morgan fingerprint density at radius 3 is 2.89 bits per heavy atom. The number of rotatable bonds is 3. The molecular weight excluding hydrogens is 231 g/mol. The predicted molar refractivity (Wildman–Crippen MR) is 69.9 cm³/mol. The number of carbonyl (C=O) groups excluding carboxylic acids is 1. The minimum absolute atomic E-state index is 0.104. The van der Waals surface area contributed by atoms with Gasteiger partial charge in [0, 0.05) is 12.2 Å². The van der Waals surface area contributed by atoms with E-state index in [1.807, 2.05) is 13.8 Å². The Hall–Kier alpha value is -1.42. The Morgan fingerprint density at radius 1 is 1.50 bits per heavy atom. The summed E-state index contributed by atoms with van der Waals surface area (Å²) in [6, 6.07) is 4.09. The van der Waals surface area contributed by atoms with Gasteiger partial charge in [-0.2, -0.15) is 0 Å². The van der Waals surface area contributed by atoms with Crippen LogP contribution in [0.15, 0.2) is 18.2 Å². The van der Waals surface area contributed by atoms with Crippen molar-refractivity contribution >= 4 is 11.6 Å². The van der Waals surface area contributed by atoms with Gasteiger partial charge in [-0.3, -0.25) is 4.79 Å². The molecule has 0 spiro atoms. The first-order chi connectivity index (χ1) is 8.49. The van der Waals surface area contributed by atoms with Crippen LogP contribution in [0.1, 0.15) is 25.8 Å². The van der Waals surface area contributed by atoms with E-state index in [4.69, 9.17) is 5.73 Å².